The quantitative estimate of drug-likeness (QED) is 0.809. The first-order valence-corrected chi connectivity index (χ1v) is 8.72. The fourth-order valence-electron chi connectivity index (χ4n) is 1.55. The number of aryl methyl sites for hydroxylation is 1. The van der Waals surface area contributed by atoms with Gasteiger partial charge in [0, 0.05) is 18.7 Å². The van der Waals surface area contributed by atoms with Crippen molar-refractivity contribution in [1.29, 1.82) is 0 Å². The van der Waals surface area contributed by atoms with Crippen LogP contribution in [0.3, 0.4) is 0 Å². The Bertz CT molecular complexity index is 539. The molecule has 0 saturated heterocycles. The van der Waals surface area contributed by atoms with E-state index in [1.165, 1.54) is 16.2 Å². The van der Waals surface area contributed by atoms with Crippen molar-refractivity contribution in [2.75, 3.05) is 19.1 Å². The van der Waals surface area contributed by atoms with Crippen LogP contribution in [0.2, 0.25) is 0 Å². The van der Waals surface area contributed by atoms with Gasteiger partial charge in [0.25, 0.3) is 0 Å². The van der Waals surface area contributed by atoms with E-state index in [9.17, 15) is 13.2 Å². The van der Waals surface area contributed by atoms with Gasteiger partial charge in [-0.1, -0.05) is 0 Å². The molecule has 1 aromatic rings. The van der Waals surface area contributed by atoms with Crippen molar-refractivity contribution < 1.29 is 13.2 Å². The van der Waals surface area contributed by atoms with Crippen molar-refractivity contribution in [2.45, 2.75) is 25.9 Å². The second kappa shape index (κ2) is 6.44. The Hall–Kier alpha value is -0.990. The summed E-state index contributed by atoms with van der Waals surface area (Å²) in [5.74, 6) is -0.349. The summed E-state index contributed by atoms with van der Waals surface area (Å²) >= 11 is 1.52. The monoisotopic (exact) mass is 305 g/mol. The Morgan fingerprint density at radius 3 is 2.68 bits per heavy atom. The van der Waals surface area contributed by atoms with E-state index >= 15 is 0 Å². The van der Waals surface area contributed by atoms with Gasteiger partial charge in [-0.05, 0) is 13.3 Å². The minimum atomic E-state index is -3.10. The molecule has 2 N–H and O–H groups in total. The molecule has 0 bridgehead atoms. The molecule has 19 heavy (non-hydrogen) atoms. The lowest BCUT2D eigenvalue weighted by Gasteiger charge is -2.20. The molecule has 0 spiro atoms. The average Bonchev–Trinajstić information content (AvgIpc) is 2.69. The fourth-order valence-corrected chi connectivity index (χ4v) is 2.84. The van der Waals surface area contributed by atoms with Crippen LogP contribution in [-0.4, -0.2) is 49.3 Å². The largest absolute Gasteiger partial charge is 0.338 e. The number of nitrogens with two attached hydrogens (primary N) is 1. The molecule has 0 aliphatic carbocycles. The zero-order valence-electron chi connectivity index (χ0n) is 11.3. The van der Waals surface area contributed by atoms with E-state index in [1.54, 1.807) is 7.05 Å². The Morgan fingerprint density at radius 1 is 1.58 bits per heavy atom. The van der Waals surface area contributed by atoms with Crippen LogP contribution in [0.5, 0.6) is 0 Å². The summed E-state index contributed by atoms with van der Waals surface area (Å²) in [6.45, 7) is 2.28. The third kappa shape index (κ3) is 5.66. The van der Waals surface area contributed by atoms with E-state index in [0.717, 1.165) is 17.0 Å². The summed E-state index contributed by atoms with van der Waals surface area (Å²) in [6, 6.07) is -0.792. The highest BCUT2D eigenvalue weighted by Crippen LogP contribution is 2.10. The van der Waals surface area contributed by atoms with Crippen LogP contribution in [0.25, 0.3) is 0 Å². The zero-order chi connectivity index (χ0) is 14.6. The van der Waals surface area contributed by atoms with Crippen LogP contribution in [-0.2, 0) is 21.2 Å². The van der Waals surface area contributed by atoms with Gasteiger partial charge in [0.05, 0.1) is 29.0 Å². The van der Waals surface area contributed by atoms with Gasteiger partial charge in [-0.3, -0.25) is 4.79 Å². The zero-order valence-corrected chi connectivity index (χ0v) is 12.9. The van der Waals surface area contributed by atoms with Gasteiger partial charge in [-0.25, -0.2) is 13.4 Å². The number of likely N-dealkylation sites (N-methyl/N-ethyl adjacent to an activating group) is 1. The summed E-state index contributed by atoms with van der Waals surface area (Å²) in [5, 5.41) is 2.83. The van der Waals surface area contributed by atoms with Gasteiger partial charge in [0.1, 0.15) is 9.84 Å². The van der Waals surface area contributed by atoms with Crippen LogP contribution in [0.1, 0.15) is 17.1 Å². The summed E-state index contributed by atoms with van der Waals surface area (Å²) < 4.78 is 22.1. The number of hydrogen-bond donors (Lipinski definition) is 1. The maximum Gasteiger partial charge on any atom is 0.239 e. The molecular weight excluding hydrogens is 286 g/mol. The van der Waals surface area contributed by atoms with E-state index in [0.29, 0.717) is 6.54 Å². The van der Waals surface area contributed by atoms with Gasteiger partial charge in [-0.15, -0.1) is 11.3 Å². The predicted molar refractivity (Wildman–Crippen MR) is 75.6 cm³/mol. The number of carbonyl (C=O) groups excluding carboxylic acids is 1. The Morgan fingerprint density at radius 2 is 2.21 bits per heavy atom. The lowest BCUT2D eigenvalue weighted by Crippen LogP contribution is -2.42. The fraction of sp³-hybridized carbons (Fsp3) is 0.636. The minimum Gasteiger partial charge on any atom is -0.338 e. The van der Waals surface area contributed by atoms with Gasteiger partial charge < -0.3 is 10.6 Å². The molecule has 0 aliphatic rings. The van der Waals surface area contributed by atoms with Gasteiger partial charge in [-0.2, -0.15) is 0 Å². The molecule has 0 aliphatic heterocycles. The Balaban J connectivity index is 2.52. The lowest BCUT2D eigenvalue weighted by molar-refractivity contribution is -0.131. The van der Waals surface area contributed by atoms with E-state index in [2.05, 4.69) is 4.98 Å². The summed E-state index contributed by atoms with van der Waals surface area (Å²) in [6.07, 6.45) is 1.27. The second-order valence-corrected chi connectivity index (χ2v) is 7.90. The van der Waals surface area contributed by atoms with E-state index < -0.39 is 15.9 Å². The topological polar surface area (TPSA) is 93.4 Å². The summed E-state index contributed by atoms with van der Waals surface area (Å²) in [7, 11) is -1.46. The molecule has 8 heteroatoms. The first-order chi connectivity index (χ1) is 8.69. The highest BCUT2D eigenvalue weighted by molar-refractivity contribution is 7.90. The molecule has 108 valence electrons. The number of carbonyl (C=O) groups is 1. The summed E-state index contributed by atoms with van der Waals surface area (Å²) in [5.41, 5.74) is 6.52. The van der Waals surface area contributed by atoms with E-state index in [4.69, 9.17) is 5.73 Å². The predicted octanol–water partition coefficient (Wildman–Crippen LogP) is 0.172. The van der Waals surface area contributed by atoms with E-state index in [1.807, 2.05) is 12.3 Å². The first-order valence-electron chi connectivity index (χ1n) is 5.78. The number of thiazole rings is 1. The molecule has 0 saturated carbocycles. The SMILES string of the molecule is Cc1nc(CN(C)C(=O)C(N)CCS(C)(=O)=O)cs1. The molecule has 1 rings (SSSR count). The van der Waals surface area contributed by atoms with E-state index in [-0.39, 0.29) is 18.1 Å². The smallest absolute Gasteiger partial charge is 0.239 e. The van der Waals surface area contributed by atoms with Gasteiger partial charge >= 0.3 is 0 Å². The Kier molecular flexibility index (Phi) is 5.45. The highest BCUT2D eigenvalue weighted by Gasteiger charge is 2.20. The van der Waals surface area contributed by atoms with Crippen molar-refractivity contribution in [3.8, 4) is 0 Å². The normalized spacial score (nSPS) is 13.3. The van der Waals surface area contributed by atoms with Crippen LogP contribution in [0.15, 0.2) is 5.38 Å². The number of nitrogens with zero attached hydrogens (tertiary/aromatic N) is 2. The number of sulfone groups is 1. The van der Waals surface area contributed by atoms with Gasteiger partial charge in [0.15, 0.2) is 0 Å². The number of amides is 1. The third-order valence-electron chi connectivity index (χ3n) is 2.56. The molecule has 1 atom stereocenters. The lowest BCUT2D eigenvalue weighted by atomic mass is 10.2. The van der Waals surface area contributed by atoms with Crippen molar-refractivity contribution in [1.82, 2.24) is 9.88 Å². The average molecular weight is 305 g/mol. The standard InChI is InChI=1S/C11H19N3O3S2/c1-8-13-9(7-18-8)6-14(2)11(15)10(12)4-5-19(3,16)17/h7,10H,4-6,12H2,1-3H3. The molecule has 1 heterocycles. The van der Waals surface area contributed by atoms with Crippen LogP contribution < -0.4 is 5.73 Å². The second-order valence-electron chi connectivity index (χ2n) is 4.58. The number of hydrogen-bond acceptors (Lipinski definition) is 6. The first kappa shape index (κ1) is 16.1. The molecule has 1 aromatic heterocycles. The maximum absolute atomic E-state index is 12.0. The maximum atomic E-state index is 12.0. The van der Waals surface area contributed by atoms with Crippen molar-refractivity contribution >= 4 is 27.1 Å². The molecule has 6 nitrogen and oxygen atoms in total. The molecule has 0 fully saturated rings. The molecule has 0 radical (unpaired) electrons. The molecule has 1 amide bonds. The van der Waals surface area contributed by atoms with Crippen LogP contribution in [0.4, 0.5) is 0 Å². The molecular formula is C11H19N3O3S2. The van der Waals surface area contributed by atoms with Crippen molar-refractivity contribution in [3.63, 3.8) is 0 Å². The summed E-state index contributed by atoms with van der Waals surface area (Å²) in [4.78, 5) is 17.7. The third-order valence-corrected chi connectivity index (χ3v) is 4.36. The van der Waals surface area contributed by atoms with Gasteiger partial charge in [0.2, 0.25) is 5.91 Å². The van der Waals surface area contributed by atoms with Crippen LogP contribution >= 0.6 is 11.3 Å². The van der Waals surface area contributed by atoms with Crippen LogP contribution in [0, 0.1) is 6.92 Å². The van der Waals surface area contributed by atoms with Crippen molar-refractivity contribution in [2.24, 2.45) is 5.73 Å². The molecule has 0 aromatic carbocycles. The Labute approximate surface area is 117 Å². The number of rotatable bonds is 6. The number of aromatic nitrogens is 1. The van der Waals surface area contributed by atoms with Crippen molar-refractivity contribution in [3.05, 3.63) is 16.1 Å². The minimum absolute atomic E-state index is 0.0798. The molecule has 1 unspecified atom stereocenters. The highest BCUT2D eigenvalue weighted by atomic mass is 32.2.